The predicted octanol–water partition coefficient (Wildman–Crippen LogP) is 3.10. The van der Waals surface area contributed by atoms with Crippen LogP contribution in [0.2, 0.25) is 0 Å². The Morgan fingerprint density at radius 3 is 2.33 bits per heavy atom. The summed E-state index contributed by atoms with van der Waals surface area (Å²) in [6, 6.07) is 10.9. The summed E-state index contributed by atoms with van der Waals surface area (Å²) in [4.78, 5) is 11.0. The predicted molar refractivity (Wildman–Crippen MR) is 88.1 cm³/mol. The molecule has 0 unspecified atom stereocenters. The molecule has 0 bridgehead atoms. The third-order valence-corrected chi connectivity index (χ3v) is 4.94. The number of halogens is 1. The van der Waals surface area contributed by atoms with Crippen molar-refractivity contribution in [3.63, 3.8) is 0 Å². The molecule has 0 aromatic heterocycles. The van der Waals surface area contributed by atoms with Gasteiger partial charge in [-0.15, -0.1) is 0 Å². The van der Waals surface area contributed by atoms with Gasteiger partial charge in [-0.3, -0.25) is 4.72 Å². The lowest BCUT2D eigenvalue weighted by Crippen LogP contribution is -2.14. The van der Waals surface area contributed by atoms with E-state index < -0.39 is 16.0 Å². The average molecular weight is 417 g/mol. The number of aromatic carboxylic acids is 1. The number of carbonyl (C=O) groups is 1. The molecule has 0 fully saturated rings. The molecule has 0 aliphatic heterocycles. The van der Waals surface area contributed by atoms with Gasteiger partial charge >= 0.3 is 5.97 Å². The number of hydrogen-bond acceptors (Lipinski definition) is 3. The molecule has 2 N–H and O–H groups in total. The van der Waals surface area contributed by atoms with Crippen molar-refractivity contribution >= 4 is 44.3 Å². The molecule has 7 heteroatoms. The van der Waals surface area contributed by atoms with Crippen LogP contribution in [0.4, 0.5) is 5.69 Å². The first-order chi connectivity index (χ1) is 9.79. The number of rotatable bonds is 4. The number of carboxylic acid groups (broad SMARTS) is 1. The van der Waals surface area contributed by atoms with E-state index in [0.717, 1.165) is 9.64 Å². The molecule has 2 aromatic carbocycles. The maximum atomic E-state index is 12.3. The lowest BCUT2D eigenvalue weighted by molar-refractivity contribution is 0.0696. The second kappa shape index (κ2) is 6.02. The zero-order valence-corrected chi connectivity index (χ0v) is 14.0. The summed E-state index contributed by atoms with van der Waals surface area (Å²) in [7, 11) is -3.81. The summed E-state index contributed by atoms with van der Waals surface area (Å²) in [5.74, 6) is -1.15. The van der Waals surface area contributed by atoms with Crippen molar-refractivity contribution in [2.75, 3.05) is 4.72 Å². The largest absolute Gasteiger partial charge is 0.478 e. The van der Waals surface area contributed by atoms with Gasteiger partial charge < -0.3 is 5.11 Å². The summed E-state index contributed by atoms with van der Waals surface area (Å²) >= 11 is 2.12. The van der Waals surface area contributed by atoms with Gasteiger partial charge in [-0.2, -0.15) is 0 Å². The van der Waals surface area contributed by atoms with Gasteiger partial charge in [-0.25, -0.2) is 13.2 Å². The molecule has 2 aromatic rings. The summed E-state index contributed by atoms with van der Waals surface area (Å²) in [5.41, 5.74) is 0.907. The van der Waals surface area contributed by atoms with E-state index in [4.69, 9.17) is 5.11 Å². The highest BCUT2D eigenvalue weighted by Gasteiger charge is 2.17. The van der Waals surface area contributed by atoms with Gasteiger partial charge in [-0.1, -0.05) is 6.07 Å². The monoisotopic (exact) mass is 417 g/mol. The average Bonchev–Trinajstić information content (AvgIpc) is 2.41. The highest BCUT2D eigenvalue weighted by atomic mass is 127. The van der Waals surface area contributed by atoms with Gasteiger partial charge in [-0.05, 0) is 71.5 Å². The summed E-state index contributed by atoms with van der Waals surface area (Å²) < 4.78 is 27.9. The highest BCUT2D eigenvalue weighted by Crippen LogP contribution is 2.20. The summed E-state index contributed by atoms with van der Waals surface area (Å²) in [6.45, 7) is 1.62. The van der Waals surface area contributed by atoms with Crippen molar-refractivity contribution in [3.8, 4) is 0 Å². The van der Waals surface area contributed by atoms with Gasteiger partial charge in [0.05, 0.1) is 10.5 Å². The number of anilines is 1. The second-order valence-corrected chi connectivity index (χ2v) is 7.32. The van der Waals surface area contributed by atoms with Crippen LogP contribution in [0, 0.1) is 10.5 Å². The third kappa shape index (κ3) is 3.73. The molecule has 110 valence electrons. The molecule has 0 aliphatic rings. The standard InChI is InChI=1S/C14H12INO4S/c1-9-2-7-12(8-13(9)14(17)18)21(19,20)16-11-5-3-10(15)4-6-11/h2-8,16H,1H3,(H,17,18). The van der Waals surface area contributed by atoms with E-state index in [2.05, 4.69) is 27.3 Å². The number of nitrogens with one attached hydrogen (secondary N) is 1. The topological polar surface area (TPSA) is 83.5 Å². The normalized spacial score (nSPS) is 11.1. The Morgan fingerprint density at radius 2 is 1.76 bits per heavy atom. The van der Waals surface area contributed by atoms with E-state index in [0.29, 0.717) is 11.3 Å². The van der Waals surface area contributed by atoms with Crippen molar-refractivity contribution in [1.82, 2.24) is 0 Å². The molecule has 0 atom stereocenters. The number of benzene rings is 2. The highest BCUT2D eigenvalue weighted by molar-refractivity contribution is 14.1. The fourth-order valence-corrected chi connectivity index (χ4v) is 3.17. The Hall–Kier alpha value is -1.61. The fourth-order valence-electron chi connectivity index (χ4n) is 1.73. The van der Waals surface area contributed by atoms with E-state index in [1.165, 1.54) is 12.1 Å². The molecule has 0 radical (unpaired) electrons. The van der Waals surface area contributed by atoms with Gasteiger partial charge in [0.2, 0.25) is 0 Å². The molecular weight excluding hydrogens is 405 g/mol. The van der Waals surface area contributed by atoms with E-state index in [9.17, 15) is 13.2 Å². The lowest BCUT2D eigenvalue weighted by Gasteiger charge is -2.10. The SMILES string of the molecule is Cc1ccc(S(=O)(=O)Nc2ccc(I)cc2)cc1C(=O)O. The molecule has 0 heterocycles. The van der Waals surface area contributed by atoms with E-state index in [1.54, 1.807) is 31.2 Å². The minimum atomic E-state index is -3.81. The van der Waals surface area contributed by atoms with Crippen LogP contribution in [-0.2, 0) is 10.0 Å². The van der Waals surface area contributed by atoms with Crippen molar-refractivity contribution < 1.29 is 18.3 Å². The minimum absolute atomic E-state index is 0.0273. The molecule has 0 saturated carbocycles. The Labute approximate surface area is 136 Å². The first-order valence-electron chi connectivity index (χ1n) is 5.92. The number of sulfonamides is 1. The molecule has 2 rings (SSSR count). The van der Waals surface area contributed by atoms with Gasteiger partial charge in [0, 0.05) is 9.26 Å². The Kier molecular flexibility index (Phi) is 4.52. The van der Waals surface area contributed by atoms with Crippen molar-refractivity contribution in [3.05, 3.63) is 57.2 Å². The van der Waals surface area contributed by atoms with Crippen LogP contribution in [0.25, 0.3) is 0 Å². The summed E-state index contributed by atoms with van der Waals surface area (Å²) in [6.07, 6.45) is 0. The minimum Gasteiger partial charge on any atom is -0.478 e. The smallest absolute Gasteiger partial charge is 0.335 e. The number of carboxylic acids is 1. The molecule has 0 spiro atoms. The van der Waals surface area contributed by atoms with Crippen molar-refractivity contribution in [1.29, 1.82) is 0 Å². The van der Waals surface area contributed by atoms with Gasteiger partial charge in [0.25, 0.3) is 10.0 Å². The van der Waals surface area contributed by atoms with Gasteiger partial charge in [0.15, 0.2) is 0 Å². The first-order valence-corrected chi connectivity index (χ1v) is 8.48. The first kappa shape index (κ1) is 15.8. The molecule has 21 heavy (non-hydrogen) atoms. The molecule has 0 aliphatic carbocycles. The third-order valence-electron chi connectivity index (χ3n) is 2.85. The van der Waals surface area contributed by atoms with Crippen LogP contribution >= 0.6 is 22.6 Å². The number of hydrogen-bond donors (Lipinski definition) is 2. The molecule has 0 saturated heterocycles. The van der Waals surface area contributed by atoms with E-state index in [-0.39, 0.29) is 10.5 Å². The summed E-state index contributed by atoms with van der Waals surface area (Å²) in [5, 5.41) is 9.06. The molecular formula is C14H12INO4S. The van der Waals surface area contributed by atoms with Crippen LogP contribution in [0.5, 0.6) is 0 Å². The van der Waals surface area contributed by atoms with Gasteiger partial charge in [0.1, 0.15) is 0 Å². The van der Waals surface area contributed by atoms with Crippen molar-refractivity contribution in [2.45, 2.75) is 11.8 Å². The van der Waals surface area contributed by atoms with Crippen molar-refractivity contribution in [2.24, 2.45) is 0 Å². The number of aryl methyl sites for hydroxylation is 1. The Morgan fingerprint density at radius 1 is 1.14 bits per heavy atom. The fraction of sp³-hybridized carbons (Fsp3) is 0.0714. The van der Waals surface area contributed by atoms with Crippen LogP contribution in [0.3, 0.4) is 0 Å². The maximum absolute atomic E-state index is 12.3. The van der Waals surface area contributed by atoms with Crippen LogP contribution in [0.15, 0.2) is 47.4 Å². The molecule has 5 nitrogen and oxygen atoms in total. The van der Waals surface area contributed by atoms with Crippen LogP contribution in [0.1, 0.15) is 15.9 Å². The van der Waals surface area contributed by atoms with Crippen LogP contribution in [-0.4, -0.2) is 19.5 Å². The zero-order chi connectivity index (χ0) is 15.6. The second-order valence-electron chi connectivity index (χ2n) is 4.39. The Bertz CT molecular complexity index is 785. The van der Waals surface area contributed by atoms with E-state index in [1.807, 2.05) is 0 Å². The zero-order valence-electron chi connectivity index (χ0n) is 11.0. The maximum Gasteiger partial charge on any atom is 0.335 e. The van der Waals surface area contributed by atoms with Crippen LogP contribution < -0.4 is 4.72 Å². The Balaban J connectivity index is 2.38. The lowest BCUT2D eigenvalue weighted by atomic mass is 10.1. The quantitative estimate of drug-likeness (QED) is 0.750. The van der Waals surface area contributed by atoms with E-state index >= 15 is 0 Å². The molecule has 0 amide bonds.